The van der Waals surface area contributed by atoms with Gasteiger partial charge >= 0.3 is 0 Å². The summed E-state index contributed by atoms with van der Waals surface area (Å²) in [7, 11) is 0. The molecule has 2 amide bonds. The zero-order valence-corrected chi connectivity index (χ0v) is 13.1. The zero-order chi connectivity index (χ0) is 16.5. The second-order valence-corrected chi connectivity index (χ2v) is 6.14. The predicted octanol–water partition coefficient (Wildman–Crippen LogP) is 1.03. The van der Waals surface area contributed by atoms with E-state index in [0.717, 1.165) is 18.4 Å². The van der Waals surface area contributed by atoms with Crippen LogP contribution < -0.4 is 5.32 Å². The van der Waals surface area contributed by atoms with Crippen LogP contribution in [0.2, 0.25) is 0 Å². The van der Waals surface area contributed by atoms with Crippen LogP contribution in [0.1, 0.15) is 29.6 Å². The van der Waals surface area contributed by atoms with Crippen molar-refractivity contribution in [2.45, 2.75) is 31.3 Å². The maximum atomic E-state index is 12.9. The van der Waals surface area contributed by atoms with Crippen LogP contribution in [0.4, 0.5) is 0 Å². The molecule has 0 aromatic carbocycles. The van der Waals surface area contributed by atoms with E-state index in [1.807, 2.05) is 17.0 Å². The van der Waals surface area contributed by atoms with E-state index in [1.54, 1.807) is 24.8 Å². The highest BCUT2D eigenvalue weighted by Crippen LogP contribution is 2.29. The molecule has 2 fully saturated rings. The molecule has 122 valence electrons. The molecule has 0 saturated carbocycles. The molecule has 0 radical (unpaired) electrons. The number of carbonyl (C=O) groups excluding carboxylic acids is 2. The molecule has 2 aliphatic rings. The molecule has 4 rings (SSSR count). The molecule has 0 spiro atoms. The largest absolute Gasteiger partial charge is 0.354 e. The Kier molecular flexibility index (Phi) is 3.68. The Morgan fingerprint density at radius 1 is 1.12 bits per heavy atom. The summed E-state index contributed by atoms with van der Waals surface area (Å²) < 4.78 is 0. The number of nitrogens with zero attached hydrogens (tertiary/aromatic N) is 4. The van der Waals surface area contributed by atoms with Gasteiger partial charge in [-0.25, -0.2) is 9.97 Å². The first kappa shape index (κ1) is 14.7. The minimum absolute atomic E-state index is 0.0179. The summed E-state index contributed by atoms with van der Waals surface area (Å²) in [6.07, 6.45) is 8.65. The average Bonchev–Trinajstić information content (AvgIpc) is 2.94. The van der Waals surface area contributed by atoms with Crippen LogP contribution >= 0.6 is 0 Å². The monoisotopic (exact) mass is 323 g/mol. The fourth-order valence-electron chi connectivity index (χ4n) is 3.45. The van der Waals surface area contributed by atoms with Gasteiger partial charge in [0.25, 0.3) is 5.91 Å². The lowest BCUT2D eigenvalue weighted by atomic mass is 10.1. The van der Waals surface area contributed by atoms with E-state index in [9.17, 15) is 9.59 Å². The summed E-state index contributed by atoms with van der Waals surface area (Å²) in [6.45, 7) is 0.525. The Hall–Kier alpha value is -2.83. The van der Waals surface area contributed by atoms with Crippen molar-refractivity contribution in [1.29, 1.82) is 0 Å². The van der Waals surface area contributed by atoms with Crippen molar-refractivity contribution in [1.82, 2.24) is 25.2 Å². The predicted molar refractivity (Wildman–Crippen MR) is 85.9 cm³/mol. The number of pyridine rings is 1. The highest BCUT2D eigenvalue weighted by molar-refractivity contribution is 5.95. The number of hydrogen-bond donors (Lipinski definition) is 1. The van der Waals surface area contributed by atoms with Crippen LogP contribution in [-0.4, -0.2) is 50.3 Å². The molecule has 2 aromatic heterocycles. The van der Waals surface area contributed by atoms with Crippen molar-refractivity contribution in [3.05, 3.63) is 42.5 Å². The minimum atomic E-state index is -0.0970. The Morgan fingerprint density at radius 2 is 1.83 bits per heavy atom. The zero-order valence-electron chi connectivity index (χ0n) is 13.1. The highest BCUT2D eigenvalue weighted by Gasteiger charge is 2.40. The van der Waals surface area contributed by atoms with E-state index < -0.39 is 0 Å². The van der Waals surface area contributed by atoms with Gasteiger partial charge in [0.1, 0.15) is 0 Å². The molecule has 2 saturated heterocycles. The lowest BCUT2D eigenvalue weighted by Crippen LogP contribution is -2.42. The number of aromatic nitrogens is 3. The minimum Gasteiger partial charge on any atom is -0.354 e. The number of fused-ring (bicyclic) bond motifs is 2. The van der Waals surface area contributed by atoms with Gasteiger partial charge in [-0.3, -0.25) is 14.6 Å². The summed E-state index contributed by atoms with van der Waals surface area (Å²) in [5, 5.41) is 2.87. The van der Waals surface area contributed by atoms with Gasteiger partial charge in [-0.05, 0) is 25.0 Å². The summed E-state index contributed by atoms with van der Waals surface area (Å²) in [5.74, 6) is 0.481. The van der Waals surface area contributed by atoms with Crippen LogP contribution in [0, 0.1) is 0 Å². The molecule has 0 aliphatic carbocycles. The first-order chi connectivity index (χ1) is 11.7. The van der Waals surface area contributed by atoms with Crippen LogP contribution in [0.3, 0.4) is 0 Å². The van der Waals surface area contributed by atoms with Crippen molar-refractivity contribution in [2.75, 3.05) is 6.54 Å². The van der Waals surface area contributed by atoms with Crippen LogP contribution in [0.15, 0.2) is 36.9 Å². The van der Waals surface area contributed by atoms with Gasteiger partial charge in [-0.15, -0.1) is 0 Å². The maximum absolute atomic E-state index is 12.9. The normalized spacial score (nSPS) is 22.8. The topological polar surface area (TPSA) is 88.1 Å². The van der Waals surface area contributed by atoms with Crippen molar-refractivity contribution in [2.24, 2.45) is 0 Å². The second-order valence-electron chi connectivity index (χ2n) is 6.14. The molecule has 2 aliphatic heterocycles. The van der Waals surface area contributed by atoms with Gasteiger partial charge in [-0.1, -0.05) is 0 Å². The Bertz CT molecular complexity index is 762. The second kappa shape index (κ2) is 5.99. The first-order valence-electron chi connectivity index (χ1n) is 8.04. The number of hydrogen-bond acceptors (Lipinski definition) is 5. The van der Waals surface area contributed by atoms with E-state index in [-0.39, 0.29) is 23.9 Å². The molecular weight excluding hydrogens is 306 g/mol. The van der Waals surface area contributed by atoms with Gasteiger partial charge in [-0.2, -0.15) is 0 Å². The summed E-state index contributed by atoms with van der Waals surface area (Å²) in [4.78, 5) is 39.0. The summed E-state index contributed by atoms with van der Waals surface area (Å²) >= 11 is 0. The first-order valence-corrected chi connectivity index (χ1v) is 8.04. The molecule has 1 N–H and O–H groups in total. The van der Waals surface area contributed by atoms with Crippen LogP contribution in [0.25, 0.3) is 11.4 Å². The maximum Gasteiger partial charge on any atom is 0.257 e. The van der Waals surface area contributed by atoms with Gasteiger partial charge < -0.3 is 10.2 Å². The number of carbonyl (C=O) groups is 2. The van der Waals surface area contributed by atoms with Crippen molar-refractivity contribution in [3.8, 4) is 11.4 Å². The average molecular weight is 323 g/mol. The molecule has 4 heterocycles. The fourth-order valence-corrected chi connectivity index (χ4v) is 3.45. The van der Waals surface area contributed by atoms with E-state index in [1.165, 1.54) is 0 Å². The molecule has 0 unspecified atom stereocenters. The smallest absolute Gasteiger partial charge is 0.257 e. The van der Waals surface area contributed by atoms with Gasteiger partial charge in [0.15, 0.2) is 5.82 Å². The molecule has 7 nitrogen and oxygen atoms in total. The molecule has 24 heavy (non-hydrogen) atoms. The van der Waals surface area contributed by atoms with Crippen molar-refractivity contribution < 1.29 is 9.59 Å². The SMILES string of the molecule is O=C1C[C@@H]2CC[C@H](CN1)N2C(=O)c1cnc(-c2ccncc2)nc1. The lowest BCUT2D eigenvalue weighted by Gasteiger charge is -2.27. The number of rotatable bonds is 2. The molecule has 7 heteroatoms. The Morgan fingerprint density at radius 3 is 2.58 bits per heavy atom. The highest BCUT2D eigenvalue weighted by atomic mass is 16.2. The fraction of sp³-hybridized carbons (Fsp3) is 0.353. The van der Waals surface area contributed by atoms with Crippen LogP contribution in [0.5, 0.6) is 0 Å². The van der Waals surface area contributed by atoms with E-state index in [0.29, 0.717) is 24.4 Å². The third kappa shape index (κ3) is 2.62. The van der Waals surface area contributed by atoms with Crippen molar-refractivity contribution in [3.63, 3.8) is 0 Å². The standard InChI is InChI=1S/C17H17N5O2/c23-15-7-13-1-2-14(10-19-15)22(13)17(24)12-8-20-16(21-9-12)11-3-5-18-6-4-11/h3-6,8-9,13-14H,1-2,7,10H2,(H,19,23)/t13-,14+/m0/s1. The molecule has 2 atom stereocenters. The summed E-state index contributed by atoms with van der Waals surface area (Å²) in [5.41, 5.74) is 1.31. The molecule has 2 bridgehead atoms. The van der Waals surface area contributed by atoms with Crippen molar-refractivity contribution >= 4 is 11.8 Å². The van der Waals surface area contributed by atoms with Gasteiger partial charge in [0.05, 0.1) is 5.56 Å². The van der Waals surface area contributed by atoms with Crippen LogP contribution in [-0.2, 0) is 4.79 Å². The number of amides is 2. The Balaban J connectivity index is 1.57. The quantitative estimate of drug-likeness (QED) is 0.892. The number of nitrogens with one attached hydrogen (secondary N) is 1. The lowest BCUT2D eigenvalue weighted by molar-refractivity contribution is -0.121. The molecule has 2 aromatic rings. The summed E-state index contributed by atoms with van der Waals surface area (Å²) in [6, 6.07) is 3.69. The van der Waals surface area contributed by atoms with E-state index in [2.05, 4.69) is 20.3 Å². The molecular formula is C17H17N5O2. The third-order valence-electron chi connectivity index (χ3n) is 4.65. The Labute approximate surface area is 139 Å². The van der Waals surface area contributed by atoms with E-state index >= 15 is 0 Å². The third-order valence-corrected chi connectivity index (χ3v) is 4.65. The van der Waals surface area contributed by atoms with Gasteiger partial charge in [0.2, 0.25) is 5.91 Å². The van der Waals surface area contributed by atoms with E-state index in [4.69, 9.17) is 0 Å². The van der Waals surface area contributed by atoms with Gasteiger partial charge in [0, 0.05) is 55.4 Å².